The van der Waals surface area contributed by atoms with Crippen molar-refractivity contribution in [3.05, 3.63) is 0 Å². The summed E-state index contributed by atoms with van der Waals surface area (Å²) in [5.74, 6) is -1.04. The van der Waals surface area contributed by atoms with Crippen LogP contribution in [0.3, 0.4) is 0 Å². The van der Waals surface area contributed by atoms with Gasteiger partial charge in [0, 0.05) is 0 Å². The lowest BCUT2D eigenvalue weighted by molar-refractivity contribution is -0.147. The number of carboxylic acids is 1. The van der Waals surface area contributed by atoms with Gasteiger partial charge < -0.3 is 14.9 Å². The third-order valence-electron chi connectivity index (χ3n) is 2.27. The summed E-state index contributed by atoms with van der Waals surface area (Å²) in [6.07, 6.45) is 0.268. The largest absolute Gasteiger partial charge is 0.481 e. The maximum absolute atomic E-state index is 11.0. The van der Waals surface area contributed by atoms with E-state index in [4.69, 9.17) is 14.9 Å². The zero-order valence-electron chi connectivity index (χ0n) is 8.60. The first kappa shape index (κ1) is 13.6. The van der Waals surface area contributed by atoms with E-state index in [1.165, 1.54) is 13.8 Å². The van der Waals surface area contributed by atoms with E-state index in [0.29, 0.717) is 0 Å². The van der Waals surface area contributed by atoms with Crippen LogP contribution in [0.2, 0.25) is 0 Å². The van der Waals surface area contributed by atoms with E-state index in [2.05, 4.69) is 0 Å². The Bertz CT molecular complexity index is 254. The van der Waals surface area contributed by atoms with Gasteiger partial charge in [0.25, 0.3) is 0 Å². The van der Waals surface area contributed by atoms with Crippen LogP contribution in [-0.4, -0.2) is 26.5 Å². The molecule has 0 aromatic carbocycles. The van der Waals surface area contributed by atoms with E-state index < -0.39 is 24.6 Å². The summed E-state index contributed by atoms with van der Waals surface area (Å²) in [7, 11) is -4.18. The number of hydrogen-bond acceptors (Lipinski definition) is 2. The molecule has 0 aromatic rings. The van der Waals surface area contributed by atoms with Crippen molar-refractivity contribution in [1.29, 1.82) is 0 Å². The Hall–Kier alpha value is -0.380. The third-order valence-corrected chi connectivity index (χ3v) is 3.77. The van der Waals surface area contributed by atoms with Crippen molar-refractivity contribution in [1.82, 2.24) is 0 Å². The van der Waals surface area contributed by atoms with Gasteiger partial charge in [-0.25, -0.2) is 0 Å². The van der Waals surface area contributed by atoms with E-state index in [1.54, 1.807) is 6.92 Å². The van der Waals surface area contributed by atoms with Crippen LogP contribution >= 0.6 is 7.60 Å². The van der Waals surface area contributed by atoms with Crippen molar-refractivity contribution in [2.45, 2.75) is 39.3 Å². The molecule has 0 radical (unpaired) electrons. The smallest absolute Gasteiger partial charge is 0.328 e. The molecule has 0 bridgehead atoms. The van der Waals surface area contributed by atoms with Gasteiger partial charge in [-0.15, -0.1) is 0 Å². The van der Waals surface area contributed by atoms with Crippen LogP contribution in [0, 0.1) is 5.41 Å². The zero-order chi connectivity index (χ0) is 11.6. The Labute approximate surface area is 83.3 Å². The SMILES string of the molecule is CCC(CC(C)(C)C(=O)O)P(=O)(O)O. The summed E-state index contributed by atoms with van der Waals surface area (Å²) < 4.78 is 11.0. The second kappa shape index (κ2) is 4.43. The molecule has 0 spiro atoms. The molecule has 0 aliphatic heterocycles. The van der Waals surface area contributed by atoms with Crippen molar-refractivity contribution >= 4 is 13.6 Å². The van der Waals surface area contributed by atoms with Crippen molar-refractivity contribution in [2.75, 3.05) is 0 Å². The fourth-order valence-electron chi connectivity index (χ4n) is 1.18. The molecule has 84 valence electrons. The van der Waals surface area contributed by atoms with Crippen LogP contribution in [0.4, 0.5) is 0 Å². The minimum absolute atomic E-state index is 0.0108. The summed E-state index contributed by atoms with van der Waals surface area (Å²) in [5, 5.41) is 8.80. The molecule has 6 heteroatoms. The lowest BCUT2D eigenvalue weighted by atomic mass is 9.87. The summed E-state index contributed by atoms with van der Waals surface area (Å²) in [6, 6.07) is 0. The Morgan fingerprint density at radius 2 is 1.86 bits per heavy atom. The molecular formula is C8H17O5P. The van der Waals surface area contributed by atoms with E-state index in [9.17, 15) is 9.36 Å². The monoisotopic (exact) mass is 224 g/mol. The molecule has 0 rings (SSSR count). The third kappa shape index (κ3) is 3.78. The van der Waals surface area contributed by atoms with E-state index in [0.717, 1.165) is 0 Å². The molecule has 14 heavy (non-hydrogen) atoms. The van der Waals surface area contributed by atoms with Gasteiger partial charge in [-0.05, 0) is 26.7 Å². The molecule has 0 amide bonds. The topological polar surface area (TPSA) is 94.8 Å². The Morgan fingerprint density at radius 3 is 2.07 bits per heavy atom. The van der Waals surface area contributed by atoms with Gasteiger partial charge in [0.15, 0.2) is 0 Å². The normalized spacial score (nSPS) is 15.2. The average Bonchev–Trinajstić information content (AvgIpc) is 1.97. The highest BCUT2D eigenvalue weighted by atomic mass is 31.2. The second-order valence-electron chi connectivity index (χ2n) is 4.04. The summed E-state index contributed by atoms with van der Waals surface area (Å²) in [4.78, 5) is 28.6. The minimum atomic E-state index is -4.18. The molecule has 0 saturated carbocycles. The van der Waals surface area contributed by atoms with Crippen molar-refractivity contribution in [3.8, 4) is 0 Å². The van der Waals surface area contributed by atoms with Crippen LogP contribution in [0.15, 0.2) is 0 Å². The van der Waals surface area contributed by atoms with Crippen LogP contribution in [0.25, 0.3) is 0 Å². The van der Waals surface area contributed by atoms with Gasteiger partial charge in [0.1, 0.15) is 0 Å². The van der Waals surface area contributed by atoms with E-state index >= 15 is 0 Å². The number of carboxylic acid groups (broad SMARTS) is 1. The highest BCUT2D eigenvalue weighted by molar-refractivity contribution is 7.52. The van der Waals surface area contributed by atoms with E-state index in [1.807, 2.05) is 0 Å². The molecule has 5 nitrogen and oxygen atoms in total. The lowest BCUT2D eigenvalue weighted by Crippen LogP contribution is -2.28. The highest BCUT2D eigenvalue weighted by Gasteiger charge is 2.37. The van der Waals surface area contributed by atoms with Crippen LogP contribution < -0.4 is 0 Å². The first-order valence-electron chi connectivity index (χ1n) is 4.40. The fraction of sp³-hybridized carbons (Fsp3) is 0.875. The Morgan fingerprint density at radius 1 is 1.43 bits per heavy atom. The molecule has 1 unspecified atom stereocenters. The van der Waals surface area contributed by atoms with Gasteiger partial charge in [-0.2, -0.15) is 0 Å². The zero-order valence-corrected chi connectivity index (χ0v) is 9.49. The maximum atomic E-state index is 11.0. The molecule has 0 aromatic heterocycles. The lowest BCUT2D eigenvalue weighted by Gasteiger charge is -2.25. The predicted octanol–water partition coefficient (Wildman–Crippen LogP) is 1.44. The van der Waals surface area contributed by atoms with Gasteiger partial charge in [-0.1, -0.05) is 6.92 Å². The average molecular weight is 224 g/mol. The molecule has 0 heterocycles. The predicted molar refractivity (Wildman–Crippen MR) is 52.2 cm³/mol. The van der Waals surface area contributed by atoms with Gasteiger partial charge in [0.2, 0.25) is 0 Å². The fourth-order valence-corrected chi connectivity index (χ4v) is 2.35. The minimum Gasteiger partial charge on any atom is -0.481 e. The highest BCUT2D eigenvalue weighted by Crippen LogP contribution is 2.47. The molecular weight excluding hydrogens is 207 g/mol. The van der Waals surface area contributed by atoms with E-state index in [-0.39, 0.29) is 12.8 Å². The van der Waals surface area contributed by atoms with Crippen LogP contribution in [-0.2, 0) is 9.36 Å². The molecule has 0 aliphatic rings. The number of carbonyl (C=O) groups is 1. The molecule has 3 N–H and O–H groups in total. The van der Waals surface area contributed by atoms with Crippen LogP contribution in [0.5, 0.6) is 0 Å². The van der Waals surface area contributed by atoms with Crippen LogP contribution in [0.1, 0.15) is 33.6 Å². The van der Waals surface area contributed by atoms with Crippen molar-refractivity contribution in [2.24, 2.45) is 5.41 Å². The Balaban J connectivity index is 4.64. The standard InChI is InChI=1S/C8H17O5P/c1-4-6(14(11,12)13)5-8(2,3)7(9)10/h6H,4-5H2,1-3H3,(H,9,10)(H2,11,12,13). The molecule has 1 atom stereocenters. The number of rotatable bonds is 5. The quantitative estimate of drug-likeness (QED) is 0.614. The first-order chi connectivity index (χ1) is 6.11. The number of aliphatic carboxylic acids is 1. The van der Waals surface area contributed by atoms with Crippen molar-refractivity contribution < 1.29 is 24.3 Å². The molecule has 0 fully saturated rings. The summed E-state index contributed by atoms with van der Waals surface area (Å²) in [5.41, 5.74) is -1.96. The van der Waals surface area contributed by atoms with Gasteiger partial charge in [-0.3, -0.25) is 9.36 Å². The van der Waals surface area contributed by atoms with Crippen molar-refractivity contribution in [3.63, 3.8) is 0 Å². The molecule has 0 saturated heterocycles. The van der Waals surface area contributed by atoms with Gasteiger partial charge >= 0.3 is 13.6 Å². The Kier molecular flexibility index (Phi) is 4.31. The second-order valence-corrected chi connectivity index (χ2v) is 5.95. The first-order valence-corrected chi connectivity index (χ1v) is 6.08. The summed E-state index contributed by atoms with van der Waals surface area (Å²) >= 11 is 0. The van der Waals surface area contributed by atoms with Gasteiger partial charge in [0.05, 0.1) is 11.1 Å². The number of hydrogen-bond donors (Lipinski definition) is 3. The summed E-state index contributed by atoms with van der Waals surface area (Å²) in [6.45, 7) is 4.57. The maximum Gasteiger partial charge on any atom is 0.328 e. The molecule has 0 aliphatic carbocycles.